The van der Waals surface area contributed by atoms with Gasteiger partial charge in [0.25, 0.3) is 0 Å². The minimum atomic E-state index is -0.740. The van der Waals surface area contributed by atoms with E-state index in [0.717, 1.165) is 115 Å². The van der Waals surface area contributed by atoms with E-state index in [4.69, 9.17) is 19.2 Å². The van der Waals surface area contributed by atoms with Crippen molar-refractivity contribution in [2.75, 3.05) is 58.4 Å². The smallest absolute Gasteiger partial charge is 0.304 e. The average molecular weight is 640 g/mol. The Kier molecular flexibility index (Phi) is 10.8. The van der Waals surface area contributed by atoms with E-state index < -0.39 is 5.97 Å². The topological polar surface area (TPSA) is 109 Å². The maximum Gasteiger partial charge on any atom is 0.304 e. The molecule has 248 valence electrons. The van der Waals surface area contributed by atoms with Crippen LogP contribution < -0.4 is 14.8 Å². The molecule has 0 amide bonds. The molecule has 1 unspecified atom stereocenters. The second-order valence-corrected chi connectivity index (χ2v) is 12.4. The third-order valence-electron chi connectivity index (χ3n) is 9.24. The number of pyridine rings is 2. The number of nitrogens with zero attached hydrogens (tertiary/aromatic N) is 4. The third-order valence-corrected chi connectivity index (χ3v) is 9.24. The number of piperidine rings is 1. The molecule has 10 heteroatoms. The highest BCUT2D eigenvalue weighted by Crippen LogP contribution is 2.37. The summed E-state index contributed by atoms with van der Waals surface area (Å²) in [5.74, 6) is 1.40. The van der Waals surface area contributed by atoms with Gasteiger partial charge in [-0.05, 0) is 85.3 Å². The van der Waals surface area contributed by atoms with Crippen molar-refractivity contribution in [1.29, 1.82) is 0 Å². The minimum absolute atomic E-state index is 0.0653. The first kappa shape index (κ1) is 32.7. The van der Waals surface area contributed by atoms with Crippen molar-refractivity contribution in [1.82, 2.24) is 19.8 Å². The van der Waals surface area contributed by atoms with Gasteiger partial charge in [0.2, 0.25) is 0 Å². The number of aromatic nitrogens is 2. The normalized spacial score (nSPS) is 17.4. The molecule has 0 saturated carbocycles. The molecule has 0 radical (unpaired) electrons. The van der Waals surface area contributed by atoms with E-state index in [1.165, 1.54) is 0 Å². The predicted molar refractivity (Wildman–Crippen MR) is 184 cm³/mol. The zero-order chi connectivity index (χ0) is 32.6. The van der Waals surface area contributed by atoms with E-state index in [-0.39, 0.29) is 12.5 Å². The number of carboxylic acids is 1. The van der Waals surface area contributed by atoms with Crippen molar-refractivity contribution >= 4 is 28.4 Å². The van der Waals surface area contributed by atoms with Gasteiger partial charge in [0, 0.05) is 55.7 Å². The number of nitrogens with one attached hydrogen (secondary N) is 1. The van der Waals surface area contributed by atoms with Gasteiger partial charge in [-0.2, -0.15) is 0 Å². The van der Waals surface area contributed by atoms with Crippen LogP contribution in [0.2, 0.25) is 0 Å². The first-order chi connectivity index (χ1) is 23.0. The lowest BCUT2D eigenvalue weighted by atomic mass is 9.98. The molecule has 2 aromatic heterocycles. The van der Waals surface area contributed by atoms with Crippen molar-refractivity contribution in [2.45, 2.75) is 51.6 Å². The summed E-state index contributed by atoms with van der Waals surface area (Å²) in [5, 5.41) is 13.9. The summed E-state index contributed by atoms with van der Waals surface area (Å²) in [6, 6.07) is 16.5. The quantitative estimate of drug-likeness (QED) is 0.162. The Balaban J connectivity index is 1.17. The van der Waals surface area contributed by atoms with E-state index in [2.05, 4.69) is 57.4 Å². The number of fused-ring (bicyclic) bond motifs is 1. The number of benzene rings is 2. The third kappa shape index (κ3) is 8.19. The van der Waals surface area contributed by atoms with Crippen LogP contribution in [0.3, 0.4) is 0 Å². The molecule has 47 heavy (non-hydrogen) atoms. The summed E-state index contributed by atoms with van der Waals surface area (Å²) in [6.07, 6.45) is 7.90. The Morgan fingerprint density at radius 2 is 1.94 bits per heavy atom. The van der Waals surface area contributed by atoms with E-state index >= 15 is 0 Å². The van der Waals surface area contributed by atoms with Gasteiger partial charge in [-0.1, -0.05) is 24.6 Å². The number of carbonyl (C=O) groups is 1. The van der Waals surface area contributed by atoms with Crippen molar-refractivity contribution < 1.29 is 24.1 Å². The molecule has 1 atom stereocenters. The average Bonchev–Trinajstić information content (AvgIpc) is 3.09. The molecule has 10 nitrogen and oxygen atoms in total. The Morgan fingerprint density at radius 3 is 2.77 bits per heavy atom. The van der Waals surface area contributed by atoms with Gasteiger partial charge in [0.15, 0.2) is 17.3 Å². The van der Waals surface area contributed by atoms with Crippen LogP contribution in [0.5, 0.6) is 11.5 Å². The number of morpholine rings is 1. The van der Waals surface area contributed by atoms with Crippen LogP contribution in [-0.4, -0.2) is 90.0 Å². The predicted octanol–water partition coefficient (Wildman–Crippen LogP) is 6.29. The van der Waals surface area contributed by atoms with Crippen molar-refractivity contribution in [3.63, 3.8) is 0 Å². The van der Waals surface area contributed by atoms with Crippen LogP contribution in [0.4, 0.5) is 11.5 Å². The van der Waals surface area contributed by atoms with Gasteiger partial charge in [-0.15, -0.1) is 0 Å². The number of methoxy groups -OCH3 is 1. The molecule has 6 rings (SSSR count). The number of likely N-dealkylation sites (tertiary alicyclic amines) is 1. The maximum atomic E-state index is 11.4. The summed E-state index contributed by atoms with van der Waals surface area (Å²) in [5.41, 5.74) is 6.03. The molecule has 0 aliphatic carbocycles. The van der Waals surface area contributed by atoms with Gasteiger partial charge >= 0.3 is 5.97 Å². The zero-order valence-electron chi connectivity index (χ0n) is 27.4. The highest BCUT2D eigenvalue weighted by molar-refractivity contribution is 5.91. The van der Waals surface area contributed by atoms with Crippen molar-refractivity contribution in [3.05, 3.63) is 72.1 Å². The standard InChI is InChI=1S/C37H45N5O5/c1-26-31(28-10-11-33(45-2)34(22-28)47-18-6-14-41-16-19-46-20-17-41)8-5-9-32(26)40-37-36-29(12-13-38-37)21-27(24-39-36)25-42-15-4-3-7-30(42)23-35(43)44/h5,8-13,21-22,24,30H,3-4,6-7,14-20,23,25H2,1-2H3,(H,38,40)(H,43,44). The highest BCUT2D eigenvalue weighted by Gasteiger charge is 2.25. The van der Waals surface area contributed by atoms with Crippen LogP contribution in [0, 0.1) is 6.92 Å². The molecule has 4 heterocycles. The number of ether oxygens (including phenoxy) is 3. The first-order valence-electron chi connectivity index (χ1n) is 16.7. The second-order valence-electron chi connectivity index (χ2n) is 12.4. The number of hydrogen-bond donors (Lipinski definition) is 2. The van der Waals surface area contributed by atoms with Gasteiger partial charge in [0.1, 0.15) is 5.52 Å². The van der Waals surface area contributed by atoms with E-state index in [1.807, 2.05) is 24.4 Å². The minimum Gasteiger partial charge on any atom is -0.493 e. The summed E-state index contributed by atoms with van der Waals surface area (Å²) in [4.78, 5) is 25.6. The highest BCUT2D eigenvalue weighted by atomic mass is 16.5. The number of aliphatic carboxylic acids is 1. The number of anilines is 2. The second kappa shape index (κ2) is 15.6. The molecular weight excluding hydrogens is 594 g/mol. The van der Waals surface area contributed by atoms with Crippen LogP contribution in [0.1, 0.15) is 43.2 Å². The lowest BCUT2D eigenvalue weighted by molar-refractivity contribution is -0.138. The monoisotopic (exact) mass is 639 g/mol. The fourth-order valence-electron chi connectivity index (χ4n) is 6.68. The van der Waals surface area contributed by atoms with Gasteiger partial charge in [-0.25, -0.2) is 4.98 Å². The van der Waals surface area contributed by atoms with Gasteiger partial charge in [0.05, 0.1) is 33.4 Å². The largest absolute Gasteiger partial charge is 0.493 e. The molecule has 2 fully saturated rings. The maximum absolute atomic E-state index is 11.4. The van der Waals surface area contributed by atoms with Crippen LogP contribution in [-0.2, 0) is 16.1 Å². The molecule has 2 saturated heterocycles. The van der Waals surface area contributed by atoms with Gasteiger partial charge < -0.3 is 24.6 Å². The Hall–Kier alpha value is -4.25. The fourth-order valence-corrected chi connectivity index (χ4v) is 6.68. The first-order valence-corrected chi connectivity index (χ1v) is 16.7. The molecule has 2 aromatic carbocycles. The molecule has 2 N–H and O–H groups in total. The summed E-state index contributed by atoms with van der Waals surface area (Å²) in [6.45, 7) is 8.85. The summed E-state index contributed by atoms with van der Waals surface area (Å²) >= 11 is 0. The fraction of sp³-hybridized carbons (Fsp3) is 0.432. The lowest BCUT2D eigenvalue weighted by Crippen LogP contribution is -2.40. The summed E-state index contributed by atoms with van der Waals surface area (Å²) < 4.78 is 17.3. The van der Waals surface area contributed by atoms with Crippen molar-refractivity contribution in [3.8, 4) is 22.6 Å². The molecule has 2 aliphatic rings. The molecule has 4 aromatic rings. The lowest BCUT2D eigenvalue weighted by Gasteiger charge is -2.34. The van der Waals surface area contributed by atoms with E-state index in [9.17, 15) is 9.90 Å². The molecule has 2 aliphatic heterocycles. The Morgan fingerprint density at radius 1 is 1.06 bits per heavy atom. The van der Waals surface area contributed by atoms with Gasteiger partial charge in [-0.3, -0.25) is 19.6 Å². The number of hydrogen-bond acceptors (Lipinski definition) is 9. The molecule has 0 bridgehead atoms. The zero-order valence-corrected chi connectivity index (χ0v) is 27.4. The molecule has 0 spiro atoms. The molecular formula is C37H45N5O5. The SMILES string of the molecule is COc1ccc(-c2cccc(Nc3nccc4cc(CN5CCCCC5CC(=O)O)cnc34)c2C)cc1OCCCN1CCOCC1. The van der Waals surface area contributed by atoms with Crippen molar-refractivity contribution in [2.24, 2.45) is 0 Å². The number of rotatable bonds is 13. The van der Waals surface area contributed by atoms with Crippen LogP contribution in [0.25, 0.3) is 22.0 Å². The van der Waals surface area contributed by atoms with E-state index in [0.29, 0.717) is 19.0 Å². The Labute approximate surface area is 276 Å². The van der Waals surface area contributed by atoms with Crippen LogP contribution >= 0.6 is 0 Å². The Bertz CT molecular complexity index is 1670. The number of carboxylic acid groups (broad SMARTS) is 1. The summed E-state index contributed by atoms with van der Waals surface area (Å²) in [7, 11) is 1.67. The van der Waals surface area contributed by atoms with Crippen LogP contribution in [0.15, 0.2) is 60.9 Å². The van der Waals surface area contributed by atoms with E-state index in [1.54, 1.807) is 13.3 Å².